The van der Waals surface area contributed by atoms with Gasteiger partial charge in [-0.05, 0) is 42.8 Å². The van der Waals surface area contributed by atoms with E-state index in [4.69, 9.17) is 4.74 Å². The minimum absolute atomic E-state index is 0. The van der Waals surface area contributed by atoms with E-state index in [1.54, 1.807) is 36.7 Å². The molecule has 1 N–H and O–H groups in total. The molecule has 0 bridgehead atoms. The number of hydrogen-bond acceptors (Lipinski definition) is 4. The van der Waals surface area contributed by atoms with E-state index in [-0.39, 0.29) is 13.0 Å². The van der Waals surface area contributed by atoms with Gasteiger partial charge in [0.15, 0.2) is 0 Å². The van der Waals surface area contributed by atoms with E-state index in [2.05, 4.69) is 15.3 Å². The van der Waals surface area contributed by atoms with Crippen molar-refractivity contribution >= 4 is 11.6 Å². The number of hydrogen-bond donors (Lipinski definition) is 1. The lowest BCUT2D eigenvalue weighted by atomic mass is 10.2. The molecule has 3 rings (SSSR count). The average molecular weight is 307 g/mol. The first-order valence-electron chi connectivity index (χ1n) is 7.13. The maximum atomic E-state index is 12.3. The van der Waals surface area contributed by atoms with Gasteiger partial charge in [-0.3, -0.25) is 14.8 Å². The van der Waals surface area contributed by atoms with Crippen molar-refractivity contribution < 1.29 is 11.0 Å². The van der Waals surface area contributed by atoms with Gasteiger partial charge in [0.2, 0.25) is 0 Å². The van der Waals surface area contributed by atoms with Gasteiger partial charge in [-0.15, -0.1) is 0 Å². The Bertz CT molecular complexity index is 825. The molecule has 23 heavy (non-hydrogen) atoms. The van der Waals surface area contributed by atoms with Crippen LogP contribution in [0.25, 0.3) is 0 Å². The van der Waals surface area contributed by atoms with Crippen LogP contribution in [0.15, 0.2) is 67.1 Å². The Labute approximate surface area is 135 Å². The van der Waals surface area contributed by atoms with E-state index in [0.717, 1.165) is 11.3 Å². The number of nitrogens with one attached hydrogen (secondary N) is 1. The Morgan fingerprint density at radius 2 is 2.00 bits per heavy atom. The average Bonchev–Trinajstić information content (AvgIpc) is 2.56. The molecule has 5 heteroatoms. The van der Waals surface area contributed by atoms with Crippen LogP contribution >= 0.6 is 0 Å². The molecule has 0 spiro atoms. The molecule has 0 aliphatic carbocycles. The predicted molar refractivity (Wildman–Crippen MR) is 89.8 cm³/mol. The number of aryl methyl sites for hydroxylation is 1. The molecule has 0 aliphatic heterocycles. The largest absolute Gasteiger partial charge is 0.456 e. The van der Waals surface area contributed by atoms with E-state index in [1.807, 2.05) is 31.2 Å². The summed E-state index contributed by atoms with van der Waals surface area (Å²) in [4.78, 5) is 20.4. The maximum Gasteiger partial charge on any atom is 0.274 e. The molecule has 0 aliphatic rings. The van der Waals surface area contributed by atoms with Gasteiger partial charge in [-0.1, -0.05) is 12.1 Å². The first-order valence-corrected chi connectivity index (χ1v) is 7.13. The van der Waals surface area contributed by atoms with Crippen LogP contribution in [0.2, 0.25) is 0 Å². The summed E-state index contributed by atoms with van der Waals surface area (Å²) in [7, 11) is 0. The lowest BCUT2D eigenvalue weighted by Gasteiger charge is -2.08. The highest BCUT2D eigenvalue weighted by Crippen LogP contribution is 2.20. The molecule has 2 aromatic heterocycles. The van der Waals surface area contributed by atoms with Crippen LogP contribution in [0, 0.1) is 6.92 Å². The van der Waals surface area contributed by atoms with Crippen molar-refractivity contribution in [3.8, 4) is 11.5 Å². The number of pyridine rings is 2. The molecule has 2 heterocycles. The van der Waals surface area contributed by atoms with Crippen LogP contribution in [0.1, 0.15) is 17.5 Å². The predicted octanol–water partition coefficient (Wildman–Crippen LogP) is 4.08. The molecule has 1 aromatic carbocycles. The maximum absolute atomic E-state index is 12.3. The topological polar surface area (TPSA) is 64.1 Å². The fourth-order valence-corrected chi connectivity index (χ4v) is 2.06. The van der Waals surface area contributed by atoms with Gasteiger partial charge in [0.25, 0.3) is 5.91 Å². The first kappa shape index (κ1) is 14.7. The van der Waals surface area contributed by atoms with Crippen LogP contribution in [0.3, 0.4) is 0 Å². The highest BCUT2D eigenvalue weighted by Gasteiger charge is 2.09. The second-order valence-corrected chi connectivity index (χ2v) is 4.99. The van der Waals surface area contributed by atoms with Crippen molar-refractivity contribution in [3.63, 3.8) is 0 Å². The highest BCUT2D eigenvalue weighted by molar-refractivity contribution is 6.03. The van der Waals surface area contributed by atoms with E-state index < -0.39 is 0 Å². The minimum Gasteiger partial charge on any atom is -0.456 e. The van der Waals surface area contributed by atoms with Gasteiger partial charge in [0, 0.05) is 25.6 Å². The number of carbonyl (C=O) groups excluding carboxylic acids is 1. The molecule has 0 saturated carbocycles. The normalized spacial score (nSPS) is 10.1. The fraction of sp³-hybridized carbons (Fsp3) is 0.0556. The standard InChI is InChI=1S/C18H15N3O2.H2/c1-13-4-2-5-14(10-13)21-18(22)17-11-15(7-9-20-17)23-16-6-3-8-19-12-16;/h2-12H,1H3,(H,21,22);1H. The Balaban J connectivity index is 0.00000208. The Kier molecular flexibility index (Phi) is 4.29. The number of nitrogens with zero attached hydrogens (tertiary/aromatic N) is 2. The zero-order chi connectivity index (χ0) is 16.1. The smallest absolute Gasteiger partial charge is 0.274 e. The summed E-state index contributed by atoms with van der Waals surface area (Å²) in [6.45, 7) is 1.97. The molecule has 0 saturated heterocycles. The number of benzene rings is 1. The summed E-state index contributed by atoms with van der Waals surface area (Å²) in [5.74, 6) is 0.846. The zero-order valence-corrected chi connectivity index (χ0v) is 12.6. The van der Waals surface area contributed by atoms with Crippen molar-refractivity contribution in [2.45, 2.75) is 6.92 Å². The molecule has 5 nitrogen and oxygen atoms in total. The van der Waals surface area contributed by atoms with Crippen LogP contribution in [0.5, 0.6) is 11.5 Å². The molecular weight excluding hydrogens is 290 g/mol. The third-order valence-electron chi connectivity index (χ3n) is 3.11. The number of ether oxygens (including phenoxy) is 1. The Morgan fingerprint density at radius 3 is 2.78 bits per heavy atom. The third kappa shape index (κ3) is 3.91. The van der Waals surface area contributed by atoms with Crippen molar-refractivity contribution in [1.29, 1.82) is 0 Å². The van der Waals surface area contributed by atoms with E-state index in [0.29, 0.717) is 11.5 Å². The molecule has 0 radical (unpaired) electrons. The van der Waals surface area contributed by atoms with Crippen LogP contribution in [0.4, 0.5) is 5.69 Å². The quantitative estimate of drug-likeness (QED) is 0.789. The van der Waals surface area contributed by atoms with Crippen molar-refractivity contribution in [1.82, 2.24) is 9.97 Å². The van der Waals surface area contributed by atoms with E-state index in [9.17, 15) is 4.79 Å². The monoisotopic (exact) mass is 307 g/mol. The minimum atomic E-state index is -0.285. The van der Waals surface area contributed by atoms with Gasteiger partial charge in [-0.25, -0.2) is 0 Å². The molecule has 0 unspecified atom stereocenters. The van der Waals surface area contributed by atoms with E-state index >= 15 is 0 Å². The number of anilines is 1. The van der Waals surface area contributed by atoms with Crippen LogP contribution in [-0.2, 0) is 0 Å². The third-order valence-corrected chi connectivity index (χ3v) is 3.11. The molecular formula is C18H17N3O2. The van der Waals surface area contributed by atoms with Crippen molar-refractivity contribution in [2.24, 2.45) is 0 Å². The summed E-state index contributed by atoms with van der Waals surface area (Å²) >= 11 is 0. The van der Waals surface area contributed by atoms with Crippen molar-refractivity contribution in [3.05, 3.63) is 78.4 Å². The van der Waals surface area contributed by atoms with Crippen LogP contribution < -0.4 is 10.1 Å². The summed E-state index contributed by atoms with van der Waals surface area (Å²) in [6.07, 6.45) is 4.81. The molecule has 0 fully saturated rings. The zero-order valence-electron chi connectivity index (χ0n) is 12.6. The molecule has 0 atom stereocenters. The SMILES string of the molecule is Cc1cccc(NC(=O)c2cc(Oc3cccnc3)ccn2)c1.[HH]. The first-order chi connectivity index (χ1) is 11.2. The fourth-order valence-electron chi connectivity index (χ4n) is 2.06. The molecule has 3 aromatic rings. The molecule has 1 amide bonds. The van der Waals surface area contributed by atoms with Crippen molar-refractivity contribution in [2.75, 3.05) is 5.32 Å². The Morgan fingerprint density at radius 1 is 1.09 bits per heavy atom. The van der Waals surface area contributed by atoms with Gasteiger partial charge in [0.05, 0.1) is 6.20 Å². The number of carbonyl (C=O) groups is 1. The summed E-state index contributed by atoms with van der Waals surface area (Å²) in [5, 5.41) is 2.82. The number of aromatic nitrogens is 2. The van der Waals surface area contributed by atoms with Gasteiger partial charge in [-0.2, -0.15) is 0 Å². The second kappa shape index (κ2) is 6.70. The summed E-state index contributed by atoms with van der Waals surface area (Å²) in [5.41, 5.74) is 2.09. The summed E-state index contributed by atoms with van der Waals surface area (Å²) < 4.78 is 5.66. The van der Waals surface area contributed by atoms with E-state index in [1.165, 1.54) is 6.20 Å². The summed E-state index contributed by atoms with van der Waals surface area (Å²) in [6, 6.07) is 14.4. The number of amides is 1. The lowest BCUT2D eigenvalue weighted by molar-refractivity contribution is 0.102. The van der Waals surface area contributed by atoms with Gasteiger partial charge < -0.3 is 10.1 Å². The van der Waals surface area contributed by atoms with Gasteiger partial charge in [0.1, 0.15) is 17.2 Å². The lowest BCUT2D eigenvalue weighted by Crippen LogP contribution is -2.13. The number of rotatable bonds is 4. The second-order valence-electron chi connectivity index (χ2n) is 4.99. The molecule has 116 valence electrons. The van der Waals surface area contributed by atoms with Gasteiger partial charge >= 0.3 is 0 Å². The Hall–Kier alpha value is -3.21. The highest BCUT2D eigenvalue weighted by atomic mass is 16.5. The van der Waals surface area contributed by atoms with Crippen LogP contribution in [-0.4, -0.2) is 15.9 Å².